The molecule has 1 aliphatic rings. The second-order valence-corrected chi connectivity index (χ2v) is 6.36. The fraction of sp³-hybridized carbons (Fsp3) is 0.350. The molecule has 0 bridgehead atoms. The number of fused-ring (bicyclic) bond motifs is 1. The number of nitrogens with one attached hydrogen (secondary N) is 1. The maximum absolute atomic E-state index is 6.05. The molecule has 0 saturated carbocycles. The van der Waals surface area contributed by atoms with Crippen LogP contribution in [0.4, 0.5) is 11.4 Å². The maximum atomic E-state index is 6.05. The Morgan fingerprint density at radius 2 is 1.88 bits per heavy atom. The van der Waals surface area contributed by atoms with Crippen molar-refractivity contribution in [3.05, 3.63) is 48.5 Å². The summed E-state index contributed by atoms with van der Waals surface area (Å²) in [5.41, 5.74) is 8.04. The highest BCUT2D eigenvalue weighted by molar-refractivity contribution is 5.92. The van der Waals surface area contributed by atoms with Gasteiger partial charge >= 0.3 is 0 Å². The summed E-state index contributed by atoms with van der Waals surface area (Å²) in [4.78, 5) is 6.65. The van der Waals surface area contributed by atoms with E-state index in [-0.39, 0.29) is 6.04 Å². The molecule has 138 valence electrons. The molecule has 0 fully saturated rings. The monoisotopic (exact) mass is 354 g/mol. The predicted molar refractivity (Wildman–Crippen MR) is 106 cm³/mol. The number of rotatable bonds is 5. The van der Waals surface area contributed by atoms with Gasteiger partial charge in [0, 0.05) is 37.0 Å². The van der Waals surface area contributed by atoms with Crippen LogP contribution in [-0.2, 0) is 0 Å². The van der Waals surface area contributed by atoms with E-state index in [2.05, 4.69) is 41.3 Å². The Hall–Kier alpha value is -2.89. The van der Waals surface area contributed by atoms with Crippen molar-refractivity contribution < 1.29 is 9.47 Å². The smallest absolute Gasteiger partial charge is 0.193 e. The van der Waals surface area contributed by atoms with Crippen LogP contribution in [0.3, 0.4) is 0 Å². The molecule has 0 aliphatic carbocycles. The van der Waals surface area contributed by atoms with E-state index < -0.39 is 0 Å². The van der Waals surface area contributed by atoms with Gasteiger partial charge in [-0.15, -0.1) is 0 Å². The van der Waals surface area contributed by atoms with Crippen molar-refractivity contribution in [2.45, 2.75) is 19.4 Å². The Bertz CT molecular complexity index is 749. The first-order chi connectivity index (χ1) is 12.6. The van der Waals surface area contributed by atoms with Gasteiger partial charge in [-0.25, -0.2) is 0 Å². The molecule has 0 amide bonds. The van der Waals surface area contributed by atoms with Crippen LogP contribution in [0, 0.1) is 0 Å². The van der Waals surface area contributed by atoms with Gasteiger partial charge in [0.1, 0.15) is 0 Å². The molecular formula is C20H26N4O2. The lowest BCUT2D eigenvalue weighted by atomic mass is 10.2. The number of hydrogen-bond acceptors (Lipinski definition) is 4. The molecule has 3 N–H and O–H groups in total. The number of guanidine groups is 1. The van der Waals surface area contributed by atoms with Crippen molar-refractivity contribution in [3.8, 4) is 11.5 Å². The Morgan fingerprint density at radius 3 is 2.65 bits per heavy atom. The third-order valence-electron chi connectivity index (χ3n) is 4.37. The summed E-state index contributed by atoms with van der Waals surface area (Å²) < 4.78 is 11.3. The molecule has 0 radical (unpaired) electrons. The zero-order valence-corrected chi connectivity index (χ0v) is 15.3. The lowest BCUT2D eigenvalue weighted by Crippen LogP contribution is -2.33. The van der Waals surface area contributed by atoms with Crippen molar-refractivity contribution in [3.63, 3.8) is 0 Å². The van der Waals surface area contributed by atoms with E-state index in [0.29, 0.717) is 25.7 Å². The summed E-state index contributed by atoms with van der Waals surface area (Å²) in [6, 6.07) is 16.2. The predicted octanol–water partition coefficient (Wildman–Crippen LogP) is 3.10. The fourth-order valence-corrected chi connectivity index (χ4v) is 2.70. The molecule has 1 atom stereocenters. The number of benzene rings is 2. The van der Waals surface area contributed by atoms with Gasteiger partial charge in [-0.1, -0.05) is 18.2 Å². The molecule has 1 aliphatic heterocycles. The largest absolute Gasteiger partial charge is 0.490 e. The van der Waals surface area contributed by atoms with Crippen molar-refractivity contribution in [1.29, 1.82) is 0 Å². The van der Waals surface area contributed by atoms with Crippen LogP contribution in [0.25, 0.3) is 0 Å². The van der Waals surface area contributed by atoms with Crippen LogP contribution in [0.15, 0.2) is 53.5 Å². The maximum Gasteiger partial charge on any atom is 0.193 e. The number of aliphatic imine (C=N–C) groups is 1. The fourth-order valence-electron chi connectivity index (χ4n) is 2.70. The van der Waals surface area contributed by atoms with Gasteiger partial charge in [0.05, 0.1) is 19.8 Å². The summed E-state index contributed by atoms with van der Waals surface area (Å²) in [6.07, 6.45) is 0.883. The standard InChI is InChI=1S/C20H26N4O2/c1-15(24(2)17-7-4-3-5-8-17)14-22-20(21)23-16-9-10-18-19(13-16)26-12-6-11-25-18/h3-5,7-10,13,15H,6,11-12,14H2,1-2H3,(H3,21,22,23). The number of anilines is 2. The highest BCUT2D eigenvalue weighted by Gasteiger charge is 2.12. The lowest BCUT2D eigenvalue weighted by molar-refractivity contribution is 0.297. The van der Waals surface area contributed by atoms with Gasteiger partial charge < -0.3 is 25.4 Å². The van der Waals surface area contributed by atoms with Crippen LogP contribution >= 0.6 is 0 Å². The van der Waals surface area contributed by atoms with E-state index in [1.807, 2.05) is 36.4 Å². The Morgan fingerprint density at radius 1 is 1.15 bits per heavy atom. The molecule has 3 rings (SSSR count). The van der Waals surface area contributed by atoms with Crippen LogP contribution in [0.2, 0.25) is 0 Å². The third kappa shape index (κ3) is 4.59. The molecule has 26 heavy (non-hydrogen) atoms. The minimum absolute atomic E-state index is 0.224. The van der Waals surface area contributed by atoms with E-state index in [9.17, 15) is 0 Å². The summed E-state index contributed by atoms with van der Waals surface area (Å²) in [7, 11) is 2.06. The zero-order chi connectivity index (χ0) is 18.4. The first-order valence-corrected chi connectivity index (χ1v) is 8.88. The molecule has 1 unspecified atom stereocenters. The van der Waals surface area contributed by atoms with Crippen molar-refractivity contribution in [1.82, 2.24) is 0 Å². The molecule has 6 nitrogen and oxygen atoms in total. The van der Waals surface area contributed by atoms with Gasteiger partial charge in [0.15, 0.2) is 17.5 Å². The molecular weight excluding hydrogens is 328 g/mol. The molecule has 0 aromatic heterocycles. The number of likely N-dealkylation sites (N-methyl/N-ethyl adjacent to an activating group) is 1. The second-order valence-electron chi connectivity index (χ2n) is 6.36. The van der Waals surface area contributed by atoms with E-state index in [0.717, 1.165) is 29.3 Å². The van der Waals surface area contributed by atoms with E-state index in [1.165, 1.54) is 0 Å². The highest BCUT2D eigenvalue weighted by atomic mass is 16.5. The quantitative estimate of drug-likeness (QED) is 0.638. The Labute approximate surface area is 154 Å². The van der Waals surface area contributed by atoms with Gasteiger partial charge in [0.2, 0.25) is 0 Å². The lowest BCUT2D eigenvalue weighted by Gasteiger charge is -2.25. The topological polar surface area (TPSA) is 72.1 Å². The van der Waals surface area contributed by atoms with Crippen molar-refractivity contribution >= 4 is 17.3 Å². The minimum atomic E-state index is 0.224. The number of hydrogen-bond donors (Lipinski definition) is 2. The number of ether oxygens (including phenoxy) is 2. The van der Waals surface area contributed by atoms with Crippen LogP contribution in [0.5, 0.6) is 11.5 Å². The minimum Gasteiger partial charge on any atom is -0.490 e. The summed E-state index contributed by atoms with van der Waals surface area (Å²) in [6.45, 7) is 4.05. The van der Waals surface area contributed by atoms with E-state index in [1.54, 1.807) is 0 Å². The van der Waals surface area contributed by atoms with Crippen LogP contribution in [-0.4, -0.2) is 38.8 Å². The molecule has 2 aromatic rings. The Kier molecular flexibility index (Phi) is 5.84. The Balaban J connectivity index is 1.59. The first kappa shape index (κ1) is 17.9. The summed E-state index contributed by atoms with van der Waals surface area (Å²) in [5, 5.41) is 3.12. The number of para-hydroxylation sites is 1. The van der Waals surface area contributed by atoms with E-state index >= 15 is 0 Å². The second kappa shape index (κ2) is 8.47. The number of nitrogens with two attached hydrogens (primary N) is 1. The molecule has 1 heterocycles. The van der Waals surface area contributed by atoms with Crippen LogP contribution < -0.4 is 25.4 Å². The average molecular weight is 354 g/mol. The zero-order valence-electron chi connectivity index (χ0n) is 15.3. The van der Waals surface area contributed by atoms with Gasteiger partial charge in [-0.3, -0.25) is 4.99 Å². The average Bonchev–Trinajstić information content (AvgIpc) is 2.91. The SMILES string of the molecule is CC(CN=C(N)Nc1ccc2c(c1)OCCCO2)N(C)c1ccccc1. The van der Waals surface area contributed by atoms with Gasteiger partial charge in [-0.05, 0) is 31.2 Å². The summed E-state index contributed by atoms with van der Waals surface area (Å²) in [5.74, 6) is 1.88. The molecule has 0 saturated heterocycles. The van der Waals surface area contributed by atoms with Gasteiger partial charge in [0.25, 0.3) is 0 Å². The molecule has 0 spiro atoms. The first-order valence-electron chi connectivity index (χ1n) is 8.88. The third-order valence-corrected chi connectivity index (χ3v) is 4.37. The normalized spacial score (nSPS) is 15.1. The summed E-state index contributed by atoms with van der Waals surface area (Å²) >= 11 is 0. The van der Waals surface area contributed by atoms with Crippen molar-refractivity contribution in [2.24, 2.45) is 10.7 Å². The molecule has 2 aromatic carbocycles. The van der Waals surface area contributed by atoms with Gasteiger partial charge in [-0.2, -0.15) is 0 Å². The van der Waals surface area contributed by atoms with Crippen LogP contribution in [0.1, 0.15) is 13.3 Å². The van der Waals surface area contributed by atoms with Crippen molar-refractivity contribution in [2.75, 3.05) is 37.0 Å². The number of nitrogens with zero attached hydrogens (tertiary/aromatic N) is 2. The van der Waals surface area contributed by atoms with E-state index in [4.69, 9.17) is 15.2 Å². The highest BCUT2D eigenvalue weighted by Crippen LogP contribution is 2.32. The molecule has 6 heteroatoms.